The first-order valence-electron chi connectivity index (χ1n) is 6.42. The Balaban J connectivity index is 3.78. The molecule has 18 heavy (non-hydrogen) atoms. The average Bonchev–Trinajstić information content (AvgIpc) is 2.31. The Morgan fingerprint density at radius 1 is 1.11 bits per heavy atom. The molecule has 0 fully saturated rings. The second-order valence-corrected chi connectivity index (χ2v) is 4.23. The van der Waals surface area contributed by atoms with E-state index in [0.29, 0.717) is 6.42 Å². The fraction of sp³-hybridized carbons (Fsp3) is 0.714. The monoisotopic (exact) mass is 262 g/mol. The fourth-order valence-corrected chi connectivity index (χ4v) is 1.29. The van der Waals surface area contributed by atoms with Crippen LogP contribution < -0.4 is 0 Å². The molecule has 0 saturated carbocycles. The van der Waals surface area contributed by atoms with Gasteiger partial charge in [0.1, 0.15) is 0 Å². The normalized spacial score (nSPS) is 13.2. The number of allylic oxidation sites excluding steroid dienone is 3. The van der Waals surface area contributed by atoms with Crippen molar-refractivity contribution in [3.8, 4) is 0 Å². The molecule has 0 radical (unpaired) electrons. The molecule has 0 spiro atoms. The lowest BCUT2D eigenvalue weighted by molar-refractivity contribution is -0.127. The standard InChI is InChI=1S/C14H24F2O2/c1-4-5-6-10-17-13(3)8-7-12(2)9-11-18-14(15)16/h7-8,14H,4-6,9-11H2,1-3H3/b12-7+,13-8+. The van der Waals surface area contributed by atoms with Crippen LogP contribution >= 0.6 is 0 Å². The molecule has 0 unspecified atom stereocenters. The van der Waals surface area contributed by atoms with Crippen molar-refractivity contribution in [3.05, 3.63) is 23.5 Å². The smallest absolute Gasteiger partial charge is 0.345 e. The van der Waals surface area contributed by atoms with E-state index in [2.05, 4.69) is 11.7 Å². The van der Waals surface area contributed by atoms with E-state index in [-0.39, 0.29) is 6.61 Å². The number of rotatable bonds is 10. The molecule has 0 aromatic rings. The Labute approximate surface area is 109 Å². The van der Waals surface area contributed by atoms with Gasteiger partial charge in [-0.3, -0.25) is 0 Å². The SMILES string of the molecule is CCCCCO/C(C)=C/C=C(\C)CCOC(F)F. The second kappa shape index (κ2) is 11.2. The van der Waals surface area contributed by atoms with Crippen LogP contribution in [0.25, 0.3) is 0 Å². The first kappa shape index (κ1) is 17.1. The number of hydrogen-bond donors (Lipinski definition) is 0. The first-order valence-corrected chi connectivity index (χ1v) is 6.42. The van der Waals surface area contributed by atoms with Crippen molar-refractivity contribution in [2.24, 2.45) is 0 Å². The van der Waals surface area contributed by atoms with Gasteiger partial charge in [-0.15, -0.1) is 0 Å². The molecule has 106 valence electrons. The number of ether oxygens (including phenoxy) is 2. The summed E-state index contributed by atoms with van der Waals surface area (Å²) in [6.45, 7) is 4.02. The zero-order valence-electron chi connectivity index (χ0n) is 11.5. The van der Waals surface area contributed by atoms with Crippen molar-refractivity contribution in [1.29, 1.82) is 0 Å². The maximum absolute atomic E-state index is 11.7. The van der Waals surface area contributed by atoms with Crippen LogP contribution in [0.2, 0.25) is 0 Å². The van der Waals surface area contributed by atoms with Gasteiger partial charge in [0, 0.05) is 0 Å². The lowest BCUT2D eigenvalue weighted by Gasteiger charge is -2.05. The predicted molar refractivity (Wildman–Crippen MR) is 69.6 cm³/mol. The van der Waals surface area contributed by atoms with Crippen molar-refractivity contribution in [1.82, 2.24) is 0 Å². The molecule has 0 saturated heterocycles. The van der Waals surface area contributed by atoms with Gasteiger partial charge < -0.3 is 9.47 Å². The topological polar surface area (TPSA) is 18.5 Å². The second-order valence-electron chi connectivity index (χ2n) is 4.23. The van der Waals surface area contributed by atoms with Crippen LogP contribution in [0.3, 0.4) is 0 Å². The number of hydrogen-bond acceptors (Lipinski definition) is 2. The molecule has 0 aliphatic carbocycles. The molecule has 0 bridgehead atoms. The molecule has 0 aromatic heterocycles. The quantitative estimate of drug-likeness (QED) is 0.323. The van der Waals surface area contributed by atoms with Gasteiger partial charge >= 0.3 is 6.61 Å². The van der Waals surface area contributed by atoms with Gasteiger partial charge in [-0.05, 0) is 32.8 Å². The van der Waals surface area contributed by atoms with Crippen LogP contribution in [0, 0.1) is 0 Å². The van der Waals surface area contributed by atoms with Crippen LogP contribution in [0.5, 0.6) is 0 Å². The highest BCUT2D eigenvalue weighted by Crippen LogP contribution is 2.06. The summed E-state index contributed by atoms with van der Waals surface area (Å²) in [5.74, 6) is 0.847. The van der Waals surface area contributed by atoms with Gasteiger partial charge in [0.05, 0.1) is 19.0 Å². The maximum Gasteiger partial charge on any atom is 0.345 e. The van der Waals surface area contributed by atoms with Gasteiger partial charge in [0.25, 0.3) is 0 Å². The highest BCUT2D eigenvalue weighted by atomic mass is 19.3. The zero-order chi connectivity index (χ0) is 13.8. The minimum atomic E-state index is -2.68. The molecule has 0 N–H and O–H groups in total. The van der Waals surface area contributed by atoms with Crippen LogP contribution in [-0.4, -0.2) is 19.8 Å². The highest BCUT2D eigenvalue weighted by molar-refractivity contribution is 5.12. The third-order valence-electron chi connectivity index (χ3n) is 2.42. The maximum atomic E-state index is 11.7. The summed E-state index contributed by atoms with van der Waals surface area (Å²) in [4.78, 5) is 0. The van der Waals surface area contributed by atoms with E-state index in [0.717, 1.165) is 24.4 Å². The Morgan fingerprint density at radius 3 is 2.44 bits per heavy atom. The Morgan fingerprint density at radius 2 is 1.83 bits per heavy atom. The Hall–Kier alpha value is -0.900. The summed E-state index contributed by atoms with van der Waals surface area (Å²) >= 11 is 0. The molecule has 4 heteroatoms. The molecular weight excluding hydrogens is 238 g/mol. The summed E-state index contributed by atoms with van der Waals surface area (Å²) in [7, 11) is 0. The first-order chi connectivity index (χ1) is 8.56. The van der Waals surface area contributed by atoms with E-state index in [1.54, 1.807) is 0 Å². The van der Waals surface area contributed by atoms with Crippen molar-refractivity contribution in [3.63, 3.8) is 0 Å². The molecule has 0 amide bonds. The van der Waals surface area contributed by atoms with Crippen molar-refractivity contribution >= 4 is 0 Å². The molecular formula is C14H24F2O2. The van der Waals surface area contributed by atoms with E-state index in [1.807, 2.05) is 26.0 Å². The van der Waals surface area contributed by atoms with E-state index >= 15 is 0 Å². The van der Waals surface area contributed by atoms with Crippen molar-refractivity contribution in [2.75, 3.05) is 13.2 Å². The molecule has 0 rings (SSSR count). The molecule has 0 atom stereocenters. The molecule has 0 heterocycles. The number of unbranched alkanes of at least 4 members (excludes halogenated alkanes) is 2. The van der Waals surface area contributed by atoms with Crippen LogP contribution in [0.4, 0.5) is 8.78 Å². The summed E-state index contributed by atoms with van der Waals surface area (Å²) in [5, 5.41) is 0. The van der Waals surface area contributed by atoms with E-state index < -0.39 is 6.61 Å². The van der Waals surface area contributed by atoms with E-state index in [1.165, 1.54) is 12.8 Å². The minimum Gasteiger partial charge on any atom is -0.498 e. The summed E-state index contributed by atoms with van der Waals surface area (Å²) < 4.78 is 33.1. The summed E-state index contributed by atoms with van der Waals surface area (Å²) in [6.07, 6.45) is 7.66. The van der Waals surface area contributed by atoms with Gasteiger partial charge in [-0.25, -0.2) is 0 Å². The third-order valence-corrected chi connectivity index (χ3v) is 2.42. The van der Waals surface area contributed by atoms with Crippen LogP contribution in [0.1, 0.15) is 46.5 Å². The highest BCUT2D eigenvalue weighted by Gasteiger charge is 2.00. The van der Waals surface area contributed by atoms with E-state index in [9.17, 15) is 8.78 Å². The van der Waals surface area contributed by atoms with Gasteiger partial charge in [-0.1, -0.05) is 31.4 Å². The Bertz CT molecular complexity index is 261. The lowest BCUT2D eigenvalue weighted by Crippen LogP contribution is -2.00. The Kier molecular flexibility index (Phi) is 10.6. The minimum absolute atomic E-state index is 0.0459. The number of alkyl halides is 2. The molecule has 2 nitrogen and oxygen atoms in total. The third kappa shape index (κ3) is 11.6. The summed E-state index contributed by atoms with van der Waals surface area (Å²) in [5.41, 5.74) is 0.993. The van der Waals surface area contributed by atoms with E-state index in [4.69, 9.17) is 4.74 Å². The van der Waals surface area contributed by atoms with Gasteiger partial charge in [0.15, 0.2) is 0 Å². The van der Waals surface area contributed by atoms with Crippen molar-refractivity contribution < 1.29 is 18.3 Å². The van der Waals surface area contributed by atoms with Crippen molar-refractivity contribution in [2.45, 2.75) is 53.1 Å². The largest absolute Gasteiger partial charge is 0.498 e. The average molecular weight is 262 g/mol. The van der Waals surface area contributed by atoms with Gasteiger partial charge in [0.2, 0.25) is 0 Å². The summed E-state index contributed by atoms with van der Waals surface area (Å²) in [6, 6.07) is 0. The van der Waals surface area contributed by atoms with Crippen LogP contribution in [-0.2, 0) is 9.47 Å². The lowest BCUT2D eigenvalue weighted by atomic mass is 10.2. The van der Waals surface area contributed by atoms with Gasteiger partial charge in [-0.2, -0.15) is 8.78 Å². The molecule has 0 aliphatic heterocycles. The molecule has 0 aromatic carbocycles. The van der Waals surface area contributed by atoms with Crippen LogP contribution in [0.15, 0.2) is 23.5 Å². The fourth-order valence-electron chi connectivity index (χ4n) is 1.29. The number of halogens is 2. The predicted octanol–water partition coefficient (Wildman–Crippen LogP) is 4.67. The zero-order valence-corrected chi connectivity index (χ0v) is 11.5. The molecule has 0 aliphatic rings.